The molecular formula is C18H18BrClN2O2. The molecular weight excluding hydrogens is 392 g/mol. The molecule has 2 amide bonds. The van der Waals surface area contributed by atoms with Crippen LogP contribution in [-0.2, 0) is 5.41 Å². The van der Waals surface area contributed by atoms with E-state index in [1.54, 1.807) is 36.4 Å². The minimum absolute atomic E-state index is 0.0311. The Labute approximate surface area is 154 Å². The van der Waals surface area contributed by atoms with Crippen molar-refractivity contribution >= 4 is 39.3 Å². The third-order valence-electron chi connectivity index (χ3n) is 3.44. The summed E-state index contributed by atoms with van der Waals surface area (Å²) in [5.41, 5.74) is 6.72. The van der Waals surface area contributed by atoms with Crippen LogP contribution in [0.3, 0.4) is 0 Å². The number of nitrogens with one attached hydrogen (secondary N) is 2. The number of hydrazine groups is 1. The van der Waals surface area contributed by atoms with Crippen LogP contribution < -0.4 is 10.9 Å². The molecule has 6 heteroatoms. The van der Waals surface area contributed by atoms with Crippen LogP contribution in [0.1, 0.15) is 47.1 Å². The first-order valence-corrected chi connectivity index (χ1v) is 8.52. The fourth-order valence-corrected chi connectivity index (χ4v) is 3.22. The molecule has 0 aromatic heterocycles. The molecule has 126 valence electrons. The van der Waals surface area contributed by atoms with Gasteiger partial charge in [0.25, 0.3) is 11.8 Å². The highest BCUT2D eigenvalue weighted by Crippen LogP contribution is 2.30. The summed E-state index contributed by atoms with van der Waals surface area (Å²) in [6, 6.07) is 11.8. The van der Waals surface area contributed by atoms with E-state index in [9.17, 15) is 9.59 Å². The maximum Gasteiger partial charge on any atom is 0.269 e. The van der Waals surface area contributed by atoms with E-state index in [2.05, 4.69) is 47.6 Å². The number of hydrogen-bond acceptors (Lipinski definition) is 2. The molecule has 2 aromatic carbocycles. The molecule has 0 radical (unpaired) electrons. The topological polar surface area (TPSA) is 58.2 Å². The van der Waals surface area contributed by atoms with Gasteiger partial charge < -0.3 is 0 Å². The van der Waals surface area contributed by atoms with E-state index in [0.29, 0.717) is 16.1 Å². The van der Waals surface area contributed by atoms with Crippen molar-refractivity contribution in [3.05, 3.63) is 68.7 Å². The average molecular weight is 410 g/mol. The van der Waals surface area contributed by atoms with Gasteiger partial charge >= 0.3 is 0 Å². The van der Waals surface area contributed by atoms with E-state index < -0.39 is 11.8 Å². The number of rotatable bonds is 2. The molecule has 0 spiro atoms. The Balaban J connectivity index is 2.04. The molecule has 0 saturated heterocycles. The summed E-state index contributed by atoms with van der Waals surface area (Å²) < 4.78 is 0.853. The van der Waals surface area contributed by atoms with Crippen molar-refractivity contribution in [2.75, 3.05) is 0 Å². The SMILES string of the molecule is CC(C)(C)c1ccc(C(=O)NNC(=O)c2ccc(Cl)cc2)cc1Br. The summed E-state index contributed by atoms with van der Waals surface area (Å²) in [6.07, 6.45) is 0. The highest BCUT2D eigenvalue weighted by molar-refractivity contribution is 9.10. The molecule has 0 atom stereocenters. The normalized spacial score (nSPS) is 11.0. The molecule has 0 unspecified atom stereocenters. The zero-order valence-corrected chi connectivity index (χ0v) is 16.0. The number of hydrogen-bond donors (Lipinski definition) is 2. The summed E-state index contributed by atoms with van der Waals surface area (Å²) in [5.74, 6) is -0.802. The second-order valence-electron chi connectivity index (χ2n) is 6.36. The second kappa shape index (κ2) is 7.36. The lowest BCUT2D eigenvalue weighted by Gasteiger charge is -2.21. The Kier molecular flexibility index (Phi) is 5.67. The van der Waals surface area contributed by atoms with E-state index in [1.807, 2.05) is 6.07 Å². The maximum atomic E-state index is 12.2. The Hall–Kier alpha value is -1.85. The van der Waals surface area contributed by atoms with Gasteiger partial charge in [0.15, 0.2) is 0 Å². The fourth-order valence-electron chi connectivity index (χ4n) is 2.12. The van der Waals surface area contributed by atoms with Crippen molar-refractivity contribution < 1.29 is 9.59 Å². The van der Waals surface area contributed by atoms with Crippen LogP contribution in [0.4, 0.5) is 0 Å². The molecule has 2 aromatic rings. The van der Waals surface area contributed by atoms with E-state index in [0.717, 1.165) is 10.0 Å². The largest absolute Gasteiger partial charge is 0.269 e. The summed E-state index contributed by atoms with van der Waals surface area (Å²) in [5, 5.41) is 0.541. The van der Waals surface area contributed by atoms with Crippen LogP contribution in [0.25, 0.3) is 0 Å². The van der Waals surface area contributed by atoms with Crippen LogP contribution >= 0.6 is 27.5 Å². The number of halogens is 2. The molecule has 2 N–H and O–H groups in total. The lowest BCUT2D eigenvalue weighted by atomic mass is 9.86. The molecule has 0 aliphatic rings. The van der Waals surface area contributed by atoms with Crippen molar-refractivity contribution in [1.82, 2.24) is 10.9 Å². The van der Waals surface area contributed by atoms with Gasteiger partial charge in [-0.3, -0.25) is 20.4 Å². The first kappa shape index (κ1) is 18.5. The van der Waals surface area contributed by atoms with Gasteiger partial charge in [-0.05, 0) is 47.4 Å². The standard InChI is InChI=1S/C18H18BrClN2O2/c1-18(2,3)14-9-6-12(10-15(14)19)17(24)22-21-16(23)11-4-7-13(20)8-5-11/h4-10H,1-3H3,(H,21,23)(H,22,24). The van der Waals surface area contributed by atoms with Gasteiger partial charge in [0.05, 0.1) is 0 Å². The van der Waals surface area contributed by atoms with Crippen LogP contribution in [0.15, 0.2) is 46.9 Å². The lowest BCUT2D eigenvalue weighted by molar-refractivity contribution is 0.0846. The van der Waals surface area contributed by atoms with Gasteiger partial charge in [-0.1, -0.05) is 54.4 Å². The molecule has 24 heavy (non-hydrogen) atoms. The van der Waals surface area contributed by atoms with E-state index in [4.69, 9.17) is 11.6 Å². The molecule has 4 nitrogen and oxygen atoms in total. The Morgan fingerprint density at radius 1 is 0.917 bits per heavy atom. The predicted octanol–water partition coefficient (Wildman–Crippen LogP) is 4.47. The third kappa shape index (κ3) is 4.58. The maximum absolute atomic E-state index is 12.2. The van der Waals surface area contributed by atoms with E-state index >= 15 is 0 Å². The molecule has 0 heterocycles. The Morgan fingerprint density at radius 2 is 1.42 bits per heavy atom. The summed E-state index contributed by atoms with van der Waals surface area (Å²) >= 11 is 9.27. The zero-order chi connectivity index (χ0) is 17.9. The molecule has 2 rings (SSSR count). The summed E-state index contributed by atoms with van der Waals surface area (Å²) in [7, 11) is 0. The van der Waals surface area contributed by atoms with Gasteiger partial charge in [0.2, 0.25) is 0 Å². The quantitative estimate of drug-likeness (QED) is 0.719. The highest BCUT2D eigenvalue weighted by Gasteiger charge is 2.18. The van der Waals surface area contributed by atoms with Crippen LogP contribution in [-0.4, -0.2) is 11.8 Å². The van der Waals surface area contributed by atoms with Crippen LogP contribution in [0, 0.1) is 0 Å². The van der Waals surface area contributed by atoms with Crippen molar-refractivity contribution in [3.63, 3.8) is 0 Å². The minimum Gasteiger partial charge on any atom is -0.267 e. The van der Waals surface area contributed by atoms with Gasteiger partial charge in [0.1, 0.15) is 0 Å². The predicted molar refractivity (Wildman–Crippen MR) is 99.2 cm³/mol. The molecule has 0 saturated carbocycles. The van der Waals surface area contributed by atoms with Crippen molar-refractivity contribution in [3.8, 4) is 0 Å². The van der Waals surface area contributed by atoms with E-state index in [1.165, 1.54) is 0 Å². The summed E-state index contributed by atoms with van der Waals surface area (Å²) in [6.45, 7) is 6.29. The van der Waals surface area contributed by atoms with Crippen molar-refractivity contribution in [2.45, 2.75) is 26.2 Å². The van der Waals surface area contributed by atoms with E-state index in [-0.39, 0.29) is 5.41 Å². The zero-order valence-electron chi connectivity index (χ0n) is 13.6. The van der Waals surface area contributed by atoms with Gasteiger partial charge in [0, 0.05) is 20.6 Å². The van der Waals surface area contributed by atoms with Crippen LogP contribution in [0.5, 0.6) is 0 Å². The highest BCUT2D eigenvalue weighted by atomic mass is 79.9. The average Bonchev–Trinajstić information content (AvgIpc) is 2.51. The lowest BCUT2D eigenvalue weighted by Crippen LogP contribution is -2.41. The number of carbonyl (C=O) groups is 2. The van der Waals surface area contributed by atoms with Crippen molar-refractivity contribution in [2.24, 2.45) is 0 Å². The first-order chi connectivity index (χ1) is 11.2. The Bertz CT molecular complexity index is 768. The molecule has 0 bridgehead atoms. The van der Waals surface area contributed by atoms with Gasteiger partial charge in [-0.15, -0.1) is 0 Å². The molecule has 0 aliphatic heterocycles. The second-order valence-corrected chi connectivity index (χ2v) is 7.65. The number of amides is 2. The smallest absolute Gasteiger partial charge is 0.267 e. The third-order valence-corrected chi connectivity index (χ3v) is 4.34. The summed E-state index contributed by atoms with van der Waals surface area (Å²) in [4.78, 5) is 24.1. The van der Waals surface area contributed by atoms with Gasteiger partial charge in [-0.2, -0.15) is 0 Å². The van der Waals surface area contributed by atoms with Crippen molar-refractivity contribution in [1.29, 1.82) is 0 Å². The number of carbonyl (C=O) groups excluding carboxylic acids is 2. The fraction of sp³-hybridized carbons (Fsp3) is 0.222. The number of benzene rings is 2. The molecule has 0 aliphatic carbocycles. The minimum atomic E-state index is -0.412. The van der Waals surface area contributed by atoms with Gasteiger partial charge in [-0.25, -0.2) is 0 Å². The van der Waals surface area contributed by atoms with Crippen LogP contribution in [0.2, 0.25) is 5.02 Å². The molecule has 0 fully saturated rings. The Morgan fingerprint density at radius 3 is 1.92 bits per heavy atom. The first-order valence-electron chi connectivity index (χ1n) is 7.35. The monoisotopic (exact) mass is 408 g/mol.